The van der Waals surface area contributed by atoms with Gasteiger partial charge in [-0.15, -0.1) is 0 Å². The second-order valence-corrected chi connectivity index (χ2v) is 6.40. The third-order valence-electron chi connectivity index (χ3n) is 2.30. The van der Waals surface area contributed by atoms with Crippen LogP contribution in [0.15, 0.2) is 4.52 Å². The predicted molar refractivity (Wildman–Crippen MR) is 74.4 cm³/mol. The number of aromatic nitrogens is 2. The molecule has 0 unspecified atom stereocenters. The van der Waals surface area contributed by atoms with E-state index in [1.165, 1.54) is 18.7 Å². The molecule has 0 saturated carbocycles. The van der Waals surface area contributed by atoms with Crippen molar-refractivity contribution in [2.45, 2.75) is 44.9 Å². The Labute approximate surface area is 121 Å². The van der Waals surface area contributed by atoms with E-state index in [1.54, 1.807) is 0 Å². The minimum Gasteiger partial charge on any atom is -0.480 e. The maximum atomic E-state index is 10.9. The molecule has 1 aromatic rings. The zero-order valence-corrected chi connectivity index (χ0v) is 12.8. The fourth-order valence-electron chi connectivity index (χ4n) is 1.31. The van der Waals surface area contributed by atoms with E-state index in [2.05, 4.69) is 15.5 Å². The van der Waals surface area contributed by atoms with E-state index < -0.39 is 12.0 Å². The molecule has 0 spiro atoms. The lowest BCUT2D eigenvalue weighted by Gasteiger charge is -2.12. The fourth-order valence-corrected chi connectivity index (χ4v) is 2.18. The Morgan fingerprint density at radius 3 is 2.55 bits per heavy atom. The number of nitrogens with zero attached hydrogens (tertiary/aromatic N) is 2. The minimum atomic E-state index is -1.06. The molecule has 1 amide bonds. The highest BCUT2D eigenvalue weighted by molar-refractivity contribution is 7.98. The Morgan fingerprint density at radius 2 is 2.10 bits per heavy atom. The summed E-state index contributed by atoms with van der Waals surface area (Å²) in [5.41, 5.74) is -0.213. The van der Waals surface area contributed by atoms with E-state index >= 15 is 0 Å². The zero-order chi connectivity index (χ0) is 15.3. The van der Waals surface area contributed by atoms with Crippen LogP contribution in [0.4, 0.5) is 0 Å². The van der Waals surface area contributed by atoms with Crippen LogP contribution >= 0.6 is 11.8 Å². The largest absolute Gasteiger partial charge is 0.480 e. The van der Waals surface area contributed by atoms with E-state index in [0.717, 1.165) is 0 Å². The monoisotopic (exact) mass is 301 g/mol. The second kappa shape index (κ2) is 6.74. The van der Waals surface area contributed by atoms with Crippen molar-refractivity contribution in [3.8, 4) is 0 Å². The van der Waals surface area contributed by atoms with Gasteiger partial charge in [-0.3, -0.25) is 4.79 Å². The first-order valence-electron chi connectivity index (χ1n) is 6.11. The maximum Gasteiger partial charge on any atom is 0.327 e. The standard InChI is InChI=1S/C12H19N3O4S/c1-7(16)13-8(10(17)18)5-20-6-9-14-11(19-15-9)12(2,3)4/h8H,5-6H2,1-4H3,(H,13,16)(H,17,18)/t8-/m0/s1. The Balaban J connectivity index is 2.49. The number of rotatable bonds is 6. The average Bonchev–Trinajstić information content (AvgIpc) is 2.75. The summed E-state index contributed by atoms with van der Waals surface area (Å²) in [6, 6.07) is -0.911. The number of nitrogens with one attached hydrogen (secondary N) is 1. The van der Waals surface area contributed by atoms with Gasteiger partial charge in [0.15, 0.2) is 5.82 Å². The number of hydrogen-bond donors (Lipinski definition) is 2. The molecule has 1 atom stereocenters. The van der Waals surface area contributed by atoms with Crippen LogP contribution in [0.3, 0.4) is 0 Å². The Bertz CT molecular complexity index is 481. The van der Waals surface area contributed by atoms with Crippen molar-refractivity contribution in [2.24, 2.45) is 0 Å². The van der Waals surface area contributed by atoms with Crippen LogP contribution in [0.2, 0.25) is 0 Å². The minimum absolute atomic E-state index is 0.213. The number of aliphatic carboxylic acids is 1. The first-order valence-corrected chi connectivity index (χ1v) is 7.26. The van der Waals surface area contributed by atoms with Crippen LogP contribution in [0.25, 0.3) is 0 Å². The van der Waals surface area contributed by atoms with Crippen molar-refractivity contribution in [1.29, 1.82) is 0 Å². The molecule has 0 bridgehead atoms. The van der Waals surface area contributed by atoms with Crippen LogP contribution in [-0.2, 0) is 20.8 Å². The molecule has 0 aliphatic carbocycles. The average molecular weight is 301 g/mol. The Morgan fingerprint density at radius 1 is 1.45 bits per heavy atom. The van der Waals surface area contributed by atoms with E-state index in [9.17, 15) is 9.59 Å². The van der Waals surface area contributed by atoms with Crippen molar-refractivity contribution in [3.63, 3.8) is 0 Å². The highest BCUT2D eigenvalue weighted by Crippen LogP contribution is 2.21. The van der Waals surface area contributed by atoms with Gasteiger partial charge >= 0.3 is 5.97 Å². The van der Waals surface area contributed by atoms with Crippen molar-refractivity contribution in [1.82, 2.24) is 15.5 Å². The van der Waals surface area contributed by atoms with Gasteiger partial charge < -0.3 is 14.9 Å². The van der Waals surface area contributed by atoms with E-state index in [4.69, 9.17) is 9.63 Å². The number of thioether (sulfide) groups is 1. The summed E-state index contributed by atoms with van der Waals surface area (Å²) < 4.78 is 5.14. The van der Waals surface area contributed by atoms with E-state index in [0.29, 0.717) is 17.5 Å². The van der Waals surface area contributed by atoms with Gasteiger partial charge in [0.05, 0.1) is 5.75 Å². The van der Waals surface area contributed by atoms with Crippen molar-refractivity contribution < 1.29 is 19.2 Å². The molecular formula is C12H19N3O4S. The molecule has 0 aliphatic heterocycles. The molecule has 0 aliphatic rings. The van der Waals surface area contributed by atoms with Crippen molar-refractivity contribution in [3.05, 3.63) is 11.7 Å². The summed E-state index contributed by atoms with van der Waals surface area (Å²) in [4.78, 5) is 26.1. The summed E-state index contributed by atoms with van der Waals surface area (Å²) in [5, 5.41) is 15.2. The highest BCUT2D eigenvalue weighted by atomic mass is 32.2. The van der Waals surface area contributed by atoms with Crippen molar-refractivity contribution >= 4 is 23.6 Å². The van der Waals surface area contributed by atoms with Gasteiger partial charge in [0.2, 0.25) is 11.8 Å². The lowest BCUT2D eigenvalue weighted by atomic mass is 9.97. The molecule has 1 rings (SSSR count). The lowest BCUT2D eigenvalue weighted by molar-refractivity contribution is -0.140. The lowest BCUT2D eigenvalue weighted by Crippen LogP contribution is -2.41. The summed E-state index contributed by atoms with van der Waals surface area (Å²) in [6.45, 7) is 7.19. The van der Waals surface area contributed by atoms with Gasteiger partial charge in [0.25, 0.3) is 0 Å². The second-order valence-electron chi connectivity index (χ2n) is 5.37. The molecule has 1 heterocycles. The SMILES string of the molecule is CC(=O)N[C@@H](CSCc1noc(C(C)(C)C)n1)C(=O)O. The maximum absolute atomic E-state index is 10.9. The predicted octanol–water partition coefficient (Wildman–Crippen LogP) is 1.19. The molecule has 7 nitrogen and oxygen atoms in total. The fraction of sp³-hybridized carbons (Fsp3) is 0.667. The molecule has 0 saturated heterocycles. The molecule has 0 aromatic carbocycles. The van der Waals surface area contributed by atoms with Gasteiger partial charge in [0, 0.05) is 18.1 Å². The number of carbonyl (C=O) groups is 2. The summed E-state index contributed by atoms with van der Waals surface area (Å²) >= 11 is 1.33. The third kappa shape index (κ3) is 5.20. The topological polar surface area (TPSA) is 105 Å². The molecule has 20 heavy (non-hydrogen) atoms. The van der Waals surface area contributed by atoms with Gasteiger partial charge in [-0.25, -0.2) is 4.79 Å². The summed E-state index contributed by atoms with van der Waals surface area (Å²) in [7, 11) is 0. The quantitative estimate of drug-likeness (QED) is 0.813. The molecule has 8 heteroatoms. The number of amides is 1. The van der Waals surface area contributed by atoms with Crippen molar-refractivity contribution in [2.75, 3.05) is 5.75 Å². The van der Waals surface area contributed by atoms with Gasteiger partial charge in [-0.2, -0.15) is 16.7 Å². The number of carboxylic acid groups (broad SMARTS) is 1. The molecule has 1 aromatic heterocycles. The third-order valence-corrected chi connectivity index (χ3v) is 3.33. The van der Waals surface area contributed by atoms with Gasteiger partial charge in [0.1, 0.15) is 6.04 Å². The van der Waals surface area contributed by atoms with Crippen LogP contribution in [0, 0.1) is 0 Å². The number of carbonyl (C=O) groups excluding carboxylic acids is 1. The van der Waals surface area contributed by atoms with Gasteiger partial charge in [-0.05, 0) is 0 Å². The zero-order valence-electron chi connectivity index (χ0n) is 12.0. The van der Waals surface area contributed by atoms with Crippen LogP contribution in [-0.4, -0.2) is 38.9 Å². The number of carboxylic acids is 1. The Hall–Kier alpha value is -1.57. The van der Waals surface area contributed by atoms with Crippen LogP contribution in [0.1, 0.15) is 39.4 Å². The van der Waals surface area contributed by atoms with Crippen LogP contribution in [0.5, 0.6) is 0 Å². The molecule has 2 N–H and O–H groups in total. The highest BCUT2D eigenvalue weighted by Gasteiger charge is 2.22. The molecule has 0 fully saturated rings. The normalized spacial score (nSPS) is 13.0. The smallest absolute Gasteiger partial charge is 0.327 e. The summed E-state index contributed by atoms with van der Waals surface area (Å²) in [6.07, 6.45) is 0. The first kappa shape index (κ1) is 16.5. The van der Waals surface area contributed by atoms with Crippen LogP contribution < -0.4 is 5.32 Å². The number of hydrogen-bond acceptors (Lipinski definition) is 6. The summed E-state index contributed by atoms with van der Waals surface area (Å²) in [5.74, 6) is 0.317. The molecule has 112 valence electrons. The van der Waals surface area contributed by atoms with Gasteiger partial charge in [-0.1, -0.05) is 25.9 Å². The first-order chi connectivity index (χ1) is 9.20. The van der Waals surface area contributed by atoms with E-state index in [1.807, 2.05) is 20.8 Å². The Kier molecular flexibility index (Phi) is 5.55. The molecular weight excluding hydrogens is 282 g/mol. The van der Waals surface area contributed by atoms with E-state index in [-0.39, 0.29) is 17.1 Å². The molecule has 0 radical (unpaired) electrons.